The van der Waals surface area contributed by atoms with Crippen LogP contribution in [-0.4, -0.2) is 37.3 Å². The molecule has 0 spiro atoms. The standard InChI is InChI=1S/C53H50O8/c1-50(2,3)61-49(59)60-48-29-17-39(18-30-48)53(6,38-15-27-47(58)28-16-38)42-32-40(51(4,34-7-19-43(54)20-8-34)35-9-21-44(55)22-10-35)31-41(33-42)52(5,36-11-23-45(56)24-12-36)37-13-25-46(57)26-14-37/h7-33,54-58H,1-6H3. The minimum Gasteiger partial charge on any atom is -0.508 e. The van der Waals surface area contributed by atoms with Gasteiger partial charge in [-0.2, -0.15) is 0 Å². The van der Waals surface area contributed by atoms with E-state index in [-0.39, 0.29) is 28.7 Å². The smallest absolute Gasteiger partial charge is 0.508 e. The first kappa shape index (κ1) is 42.0. The van der Waals surface area contributed by atoms with Gasteiger partial charge in [0.1, 0.15) is 40.1 Å². The highest BCUT2D eigenvalue weighted by Crippen LogP contribution is 2.49. The Morgan fingerprint density at radius 3 is 0.770 bits per heavy atom. The van der Waals surface area contributed by atoms with Crippen molar-refractivity contribution in [2.24, 2.45) is 0 Å². The van der Waals surface area contributed by atoms with Crippen molar-refractivity contribution in [2.75, 3.05) is 0 Å². The van der Waals surface area contributed by atoms with Gasteiger partial charge in [0.25, 0.3) is 0 Å². The molecule has 0 bridgehead atoms. The van der Waals surface area contributed by atoms with Gasteiger partial charge >= 0.3 is 6.16 Å². The van der Waals surface area contributed by atoms with Gasteiger partial charge in [0, 0.05) is 16.2 Å². The second kappa shape index (κ2) is 16.1. The van der Waals surface area contributed by atoms with E-state index in [4.69, 9.17) is 9.47 Å². The predicted octanol–water partition coefficient (Wildman–Crippen LogP) is 11.6. The number of hydrogen-bond acceptors (Lipinski definition) is 8. The molecule has 7 rings (SSSR count). The van der Waals surface area contributed by atoms with E-state index in [1.165, 1.54) is 0 Å². The van der Waals surface area contributed by atoms with Crippen LogP contribution in [0, 0.1) is 0 Å². The van der Waals surface area contributed by atoms with Crippen molar-refractivity contribution < 1.29 is 39.8 Å². The highest BCUT2D eigenvalue weighted by atomic mass is 16.7. The third kappa shape index (κ3) is 8.35. The summed E-state index contributed by atoms with van der Waals surface area (Å²) >= 11 is 0. The molecule has 0 saturated heterocycles. The monoisotopic (exact) mass is 814 g/mol. The first-order chi connectivity index (χ1) is 28.9. The highest BCUT2D eigenvalue weighted by Gasteiger charge is 2.40. The van der Waals surface area contributed by atoms with E-state index in [0.29, 0.717) is 5.75 Å². The summed E-state index contributed by atoms with van der Waals surface area (Å²) in [7, 11) is 0. The molecule has 1 atom stereocenters. The Balaban J connectivity index is 1.56. The Kier molecular flexibility index (Phi) is 11.1. The number of benzene rings is 7. The van der Waals surface area contributed by atoms with Gasteiger partial charge < -0.3 is 35.0 Å². The van der Waals surface area contributed by atoms with Gasteiger partial charge in [-0.15, -0.1) is 0 Å². The van der Waals surface area contributed by atoms with Crippen molar-refractivity contribution in [3.63, 3.8) is 0 Å². The lowest BCUT2D eigenvalue weighted by molar-refractivity contribution is 0.0206. The normalized spacial score (nSPS) is 13.0. The summed E-state index contributed by atoms with van der Waals surface area (Å²) in [6.07, 6.45) is -0.815. The average Bonchev–Trinajstić information content (AvgIpc) is 3.23. The quantitative estimate of drug-likeness (QED) is 0.0523. The Labute approximate surface area is 356 Å². The van der Waals surface area contributed by atoms with Crippen molar-refractivity contribution in [2.45, 2.75) is 63.4 Å². The van der Waals surface area contributed by atoms with E-state index >= 15 is 0 Å². The molecule has 8 heteroatoms. The molecule has 0 aromatic heterocycles. The molecule has 7 aromatic rings. The number of carbonyl (C=O) groups is 1. The fourth-order valence-corrected chi connectivity index (χ4v) is 8.19. The zero-order chi connectivity index (χ0) is 43.7. The van der Waals surface area contributed by atoms with Gasteiger partial charge in [0.15, 0.2) is 0 Å². The second-order valence-electron chi connectivity index (χ2n) is 17.0. The third-order valence-electron chi connectivity index (χ3n) is 11.9. The molecule has 0 saturated carbocycles. The molecule has 1 unspecified atom stereocenters. The summed E-state index contributed by atoms with van der Waals surface area (Å²) in [4.78, 5) is 12.7. The molecule has 5 N–H and O–H groups in total. The second-order valence-corrected chi connectivity index (χ2v) is 17.0. The van der Waals surface area contributed by atoms with Crippen molar-refractivity contribution in [3.8, 4) is 34.5 Å². The summed E-state index contributed by atoms with van der Waals surface area (Å²) in [5.74, 6) is 0.908. The van der Waals surface area contributed by atoms with Crippen LogP contribution in [0.4, 0.5) is 4.79 Å². The molecule has 0 amide bonds. The molecule has 0 aliphatic rings. The van der Waals surface area contributed by atoms with Crippen LogP contribution in [0.2, 0.25) is 0 Å². The summed E-state index contributed by atoms with van der Waals surface area (Å²) in [5.41, 5.74) is 4.47. The van der Waals surface area contributed by atoms with Gasteiger partial charge in [0.05, 0.1) is 0 Å². The molecule has 61 heavy (non-hydrogen) atoms. The minimum atomic E-state index is -0.918. The summed E-state index contributed by atoms with van der Waals surface area (Å²) in [5, 5.41) is 52.4. The van der Waals surface area contributed by atoms with E-state index in [0.717, 1.165) is 50.1 Å². The molecule has 310 valence electrons. The molecular weight excluding hydrogens is 765 g/mol. The van der Waals surface area contributed by atoms with Crippen molar-refractivity contribution >= 4 is 6.16 Å². The van der Waals surface area contributed by atoms with Crippen LogP contribution in [0.15, 0.2) is 164 Å². The minimum absolute atomic E-state index is 0.112. The van der Waals surface area contributed by atoms with E-state index < -0.39 is 28.0 Å². The number of hydrogen-bond donors (Lipinski definition) is 5. The lowest BCUT2D eigenvalue weighted by atomic mass is 9.63. The van der Waals surface area contributed by atoms with Crippen molar-refractivity contribution in [1.29, 1.82) is 0 Å². The maximum absolute atomic E-state index is 12.7. The van der Waals surface area contributed by atoms with Crippen molar-refractivity contribution in [3.05, 3.63) is 214 Å². The van der Waals surface area contributed by atoms with E-state index in [1.807, 2.05) is 72.8 Å². The van der Waals surface area contributed by atoms with Crippen LogP contribution < -0.4 is 4.74 Å². The number of ether oxygens (including phenoxy) is 2. The molecule has 0 aliphatic carbocycles. The number of carbonyl (C=O) groups excluding carboxylic acids is 1. The van der Waals surface area contributed by atoms with Crippen LogP contribution in [0.3, 0.4) is 0 Å². The molecule has 0 fully saturated rings. The lowest BCUT2D eigenvalue weighted by Gasteiger charge is -2.39. The molecular formula is C53H50O8. The van der Waals surface area contributed by atoms with Crippen LogP contribution in [0.25, 0.3) is 0 Å². The van der Waals surface area contributed by atoms with Crippen LogP contribution in [-0.2, 0) is 21.0 Å². The van der Waals surface area contributed by atoms with Gasteiger partial charge in [-0.1, -0.05) is 91.0 Å². The van der Waals surface area contributed by atoms with Gasteiger partial charge in [-0.25, -0.2) is 4.79 Å². The van der Waals surface area contributed by atoms with Crippen molar-refractivity contribution in [1.82, 2.24) is 0 Å². The Morgan fingerprint density at radius 2 is 0.557 bits per heavy atom. The molecule has 0 heterocycles. The Hall–Kier alpha value is -7.19. The average molecular weight is 815 g/mol. The fourth-order valence-electron chi connectivity index (χ4n) is 8.19. The maximum Gasteiger partial charge on any atom is 0.514 e. The first-order valence-corrected chi connectivity index (χ1v) is 20.0. The number of phenols is 5. The maximum atomic E-state index is 12.7. The zero-order valence-corrected chi connectivity index (χ0v) is 35.0. The summed E-state index contributed by atoms with van der Waals surface area (Å²) < 4.78 is 11.0. The summed E-state index contributed by atoms with van der Waals surface area (Å²) in [6, 6.07) is 49.4. The predicted molar refractivity (Wildman–Crippen MR) is 237 cm³/mol. The molecule has 0 aliphatic heterocycles. The van der Waals surface area contributed by atoms with Gasteiger partial charge in [-0.3, -0.25) is 0 Å². The highest BCUT2D eigenvalue weighted by molar-refractivity contribution is 5.65. The summed E-state index contributed by atoms with van der Waals surface area (Å²) in [6.45, 7) is 11.7. The Bertz CT molecular complexity index is 2420. The van der Waals surface area contributed by atoms with Gasteiger partial charge in [0.2, 0.25) is 0 Å². The molecule has 0 radical (unpaired) electrons. The van der Waals surface area contributed by atoms with Gasteiger partial charge in [-0.05, 0) is 164 Å². The lowest BCUT2D eigenvalue weighted by Crippen LogP contribution is -2.32. The van der Waals surface area contributed by atoms with E-state index in [1.54, 1.807) is 93.6 Å². The Morgan fingerprint density at radius 1 is 0.344 bits per heavy atom. The SMILES string of the molecule is CC(C)(C)OC(=O)Oc1ccc(C(C)(c2ccc(O)cc2)c2cc(C(C)(c3ccc(O)cc3)c3ccc(O)cc3)cc(C(C)(c3ccc(O)cc3)c3ccc(O)cc3)c2)cc1. The van der Waals surface area contributed by atoms with Crippen LogP contribution in [0.1, 0.15) is 91.6 Å². The topological polar surface area (TPSA) is 137 Å². The van der Waals surface area contributed by atoms with E-state index in [2.05, 4.69) is 39.0 Å². The van der Waals surface area contributed by atoms with Crippen LogP contribution in [0.5, 0.6) is 34.5 Å². The number of rotatable bonds is 10. The number of aromatic hydroxyl groups is 5. The van der Waals surface area contributed by atoms with Crippen LogP contribution >= 0.6 is 0 Å². The molecule has 8 nitrogen and oxygen atoms in total. The fraction of sp³-hybridized carbons (Fsp3) is 0.189. The first-order valence-electron chi connectivity index (χ1n) is 20.0. The zero-order valence-electron chi connectivity index (χ0n) is 35.0. The largest absolute Gasteiger partial charge is 0.514 e. The third-order valence-corrected chi connectivity index (χ3v) is 11.9. The number of phenolic OH excluding ortho intramolecular Hbond substituents is 5. The molecule has 7 aromatic carbocycles. The van der Waals surface area contributed by atoms with E-state index in [9.17, 15) is 30.3 Å².